The van der Waals surface area contributed by atoms with Gasteiger partial charge in [-0.05, 0) is 43.0 Å². The van der Waals surface area contributed by atoms with Crippen LogP contribution in [0.5, 0.6) is 5.75 Å². The van der Waals surface area contributed by atoms with Crippen LogP contribution in [0.2, 0.25) is 0 Å². The van der Waals surface area contributed by atoms with E-state index in [4.69, 9.17) is 10.5 Å². The summed E-state index contributed by atoms with van der Waals surface area (Å²) in [5, 5.41) is 0. The first-order chi connectivity index (χ1) is 11.8. The lowest BCUT2D eigenvalue weighted by atomic mass is 10.1. The molecular formula is C20H25ClN2O2. The van der Waals surface area contributed by atoms with Gasteiger partial charge in [-0.15, -0.1) is 12.4 Å². The van der Waals surface area contributed by atoms with Crippen LogP contribution in [0.25, 0.3) is 0 Å². The van der Waals surface area contributed by atoms with Crippen molar-refractivity contribution in [1.82, 2.24) is 4.90 Å². The maximum atomic E-state index is 12.6. The smallest absolute Gasteiger partial charge is 0.253 e. The molecule has 2 aromatic carbocycles. The van der Waals surface area contributed by atoms with Crippen LogP contribution < -0.4 is 10.5 Å². The van der Waals surface area contributed by atoms with E-state index < -0.39 is 0 Å². The SMILES string of the molecule is Cl.NCc1cc(C(=O)N2CCCCC2)ccc1OCc1ccccc1. The van der Waals surface area contributed by atoms with Crippen molar-refractivity contribution in [3.63, 3.8) is 0 Å². The van der Waals surface area contributed by atoms with Gasteiger partial charge >= 0.3 is 0 Å². The van der Waals surface area contributed by atoms with Gasteiger partial charge in [-0.1, -0.05) is 30.3 Å². The molecule has 0 saturated carbocycles. The van der Waals surface area contributed by atoms with Gasteiger partial charge in [0.05, 0.1) is 0 Å². The van der Waals surface area contributed by atoms with Crippen LogP contribution >= 0.6 is 12.4 Å². The van der Waals surface area contributed by atoms with Gasteiger partial charge in [-0.25, -0.2) is 0 Å². The van der Waals surface area contributed by atoms with Gasteiger partial charge in [0.2, 0.25) is 0 Å². The predicted octanol–water partition coefficient (Wildman–Crippen LogP) is 3.77. The molecule has 0 radical (unpaired) electrons. The van der Waals surface area contributed by atoms with Gasteiger partial charge in [0, 0.05) is 30.8 Å². The molecule has 0 aromatic heterocycles. The van der Waals surface area contributed by atoms with Gasteiger partial charge < -0.3 is 15.4 Å². The van der Waals surface area contributed by atoms with Crippen LogP contribution in [0.15, 0.2) is 48.5 Å². The molecule has 4 nitrogen and oxygen atoms in total. The minimum Gasteiger partial charge on any atom is -0.489 e. The number of halogens is 1. The number of amides is 1. The van der Waals surface area contributed by atoms with Crippen LogP contribution in [-0.4, -0.2) is 23.9 Å². The number of hydrogen-bond acceptors (Lipinski definition) is 3. The number of nitrogens with two attached hydrogens (primary N) is 1. The first kappa shape index (κ1) is 19.3. The summed E-state index contributed by atoms with van der Waals surface area (Å²) in [4.78, 5) is 14.5. The van der Waals surface area contributed by atoms with Gasteiger partial charge in [0.25, 0.3) is 5.91 Å². The summed E-state index contributed by atoms with van der Waals surface area (Å²) in [6.07, 6.45) is 3.39. The lowest BCUT2D eigenvalue weighted by molar-refractivity contribution is 0.0724. The van der Waals surface area contributed by atoms with Crippen molar-refractivity contribution >= 4 is 18.3 Å². The summed E-state index contributed by atoms with van der Waals surface area (Å²) in [7, 11) is 0. The topological polar surface area (TPSA) is 55.6 Å². The summed E-state index contributed by atoms with van der Waals surface area (Å²) >= 11 is 0. The zero-order chi connectivity index (χ0) is 16.8. The van der Waals surface area contributed by atoms with Gasteiger partial charge in [-0.3, -0.25) is 4.79 Å². The molecule has 25 heavy (non-hydrogen) atoms. The van der Waals surface area contributed by atoms with E-state index in [-0.39, 0.29) is 18.3 Å². The highest BCUT2D eigenvalue weighted by molar-refractivity contribution is 5.94. The molecule has 0 bridgehead atoms. The average Bonchev–Trinajstić information content (AvgIpc) is 2.67. The Labute approximate surface area is 155 Å². The molecule has 1 fully saturated rings. The van der Waals surface area contributed by atoms with Crippen molar-refractivity contribution in [2.75, 3.05) is 13.1 Å². The maximum absolute atomic E-state index is 12.6. The third-order valence-corrected chi connectivity index (χ3v) is 4.41. The van der Waals surface area contributed by atoms with E-state index >= 15 is 0 Å². The van der Waals surface area contributed by atoms with Crippen LogP contribution in [0.3, 0.4) is 0 Å². The van der Waals surface area contributed by atoms with E-state index in [1.807, 2.05) is 53.4 Å². The first-order valence-electron chi connectivity index (χ1n) is 8.57. The fourth-order valence-corrected chi connectivity index (χ4v) is 3.03. The van der Waals surface area contributed by atoms with E-state index in [9.17, 15) is 4.79 Å². The van der Waals surface area contributed by atoms with E-state index in [1.54, 1.807) is 0 Å². The van der Waals surface area contributed by atoms with Crippen molar-refractivity contribution in [2.45, 2.75) is 32.4 Å². The molecule has 2 N–H and O–H groups in total. The minimum absolute atomic E-state index is 0. The molecule has 1 heterocycles. The Bertz CT molecular complexity index is 685. The highest BCUT2D eigenvalue weighted by Crippen LogP contribution is 2.23. The molecule has 3 rings (SSSR count). The minimum atomic E-state index is 0. The second kappa shape index (κ2) is 9.44. The Morgan fingerprint density at radius 2 is 1.76 bits per heavy atom. The predicted molar refractivity (Wildman–Crippen MR) is 102 cm³/mol. The Morgan fingerprint density at radius 3 is 2.44 bits per heavy atom. The van der Waals surface area contributed by atoms with Crippen LogP contribution in [0.4, 0.5) is 0 Å². The normalized spacial score (nSPS) is 13.9. The third kappa shape index (κ3) is 4.97. The molecular weight excluding hydrogens is 336 g/mol. The molecule has 0 unspecified atom stereocenters. The Kier molecular flexibility index (Phi) is 7.29. The fourth-order valence-electron chi connectivity index (χ4n) is 3.03. The summed E-state index contributed by atoms with van der Waals surface area (Å²) in [5.41, 5.74) is 8.54. The largest absolute Gasteiger partial charge is 0.489 e. The number of carbonyl (C=O) groups is 1. The Balaban J connectivity index is 0.00000225. The molecule has 0 atom stereocenters. The summed E-state index contributed by atoms with van der Waals surface area (Å²) in [6, 6.07) is 15.6. The number of piperidine rings is 1. The molecule has 1 aliphatic heterocycles. The molecule has 2 aromatic rings. The van der Waals surface area contributed by atoms with Crippen molar-refractivity contribution in [2.24, 2.45) is 5.73 Å². The lowest BCUT2D eigenvalue weighted by Crippen LogP contribution is -2.35. The zero-order valence-electron chi connectivity index (χ0n) is 14.3. The van der Waals surface area contributed by atoms with Crippen LogP contribution in [-0.2, 0) is 13.2 Å². The first-order valence-corrected chi connectivity index (χ1v) is 8.57. The number of hydrogen-bond donors (Lipinski definition) is 1. The fraction of sp³-hybridized carbons (Fsp3) is 0.350. The van der Waals surface area contributed by atoms with Gasteiger partial charge in [0.1, 0.15) is 12.4 Å². The van der Waals surface area contributed by atoms with Crippen molar-refractivity contribution < 1.29 is 9.53 Å². The van der Waals surface area contributed by atoms with Crippen LogP contribution in [0.1, 0.15) is 40.7 Å². The van der Waals surface area contributed by atoms with E-state index in [0.717, 1.165) is 42.8 Å². The molecule has 5 heteroatoms. The zero-order valence-corrected chi connectivity index (χ0v) is 15.1. The monoisotopic (exact) mass is 360 g/mol. The maximum Gasteiger partial charge on any atom is 0.253 e. The van der Waals surface area contributed by atoms with Gasteiger partial charge in [-0.2, -0.15) is 0 Å². The molecule has 1 aliphatic rings. The summed E-state index contributed by atoms with van der Waals surface area (Å²) in [6.45, 7) is 2.55. The number of likely N-dealkylation sites (tertiary alicyclic amines) is 1. The molecule has 0 aliphatic carbocycles. The number of rotatable bonds is 5. The molecule has 0 spiro atoms. The second-order valence-corrected chi connectivity index (χ2v) is 6.15. The highest BCUT2D eigenvalue weighted by Gasteiger charge is 2.19. The summed E-state index contributed by atoms with van der Waals surface area (Å²) in [5.74, 6) is 0.843. The van der Waals surface area contributed by atoms with E-state index in [0.29, 0.717) is 18.7 Å². The molecule has 1 saturated heterocycles. The van der Waals surface area contributed by atoms with Gasteiger partial charge in [0.15, 0.2) is 0 Å². The number of ether oxygens (including phenoxy) is 1. The van der Waals surface area contributed by atoms with Crippen molar-refractivity contribution in [3.05, 3.63) is 65.2 Å². The average molecular weight is 361 g/mol. The highest BCUT2D eigenvalue weighted by atomic mass is 35.5. The quantitative estimate of drug-likeness (QED) is 0.882. The second-order valence-electron chi connectivity index (χ2n) is 6.15. The number of carbonyl (C=O) groups excluding carboxylic acids is 1. The molecule has 1 amide bonds. The Hall–Kier alpha value is -2.04. The standard InChI is InChI=1S/C20H24N2O2.ClH/c21-14-18-13-17(20(23)22-11-5-2-6-12-22)9-10-19(18)24-15-16-7-3-1-4-8-16;/h1,3-4,7-10,13H,2,5-6,11-12,14-15,21H2;1H. The number of benzene rings is 2. The van der Waals surface area contributed by atoms with Crippen LogP contribution in [0, 0.1) is 0 Å². The van der Waals surface area contributed by atoms with E-state index in [1.165, 1.54) is 6.42 Å². The molecule has 134 valence electrons. The van der Waals surface area contributed by atoms with Crippen molar-refractivity contribution in [1.29, 1.82) is 0 Å². The lowest BCUT2D eigenvalue weighted by Gasteiger charge is -2.27. The van der Waals surface area contributed by atoms with E-state index in [2.05, 4.69) is 0 Å². The summed E-state index contributed by atoms with van der Waals surface area (Å²) < 4.78 is 5.89. The Morgan fingerprint density at radius 1 is 1.04 bits per heavy atom. The van der Waals surface area contributed by atoms with Crippen molar-refractivity contribution in [3.8, 4) is 5.75 Å². The number of nitrogens with zero attached hydrogens (tertiary/aromatic N) is 1. The third-order valence-electron chi connectivity index (χ3n) is 4.41.